The second-order valence-electron chi connectivity index (χ2n) is 8.32. The van der Waals surface area contributed by atoms with E-state index in [1.165, 1.54) is 0 Å². The molecule has 0 radical (unpaired) electrons. The zero-order valence-electron chi connectivity index (χ0n) is 19.9. The van der Waals surface area contributed by atoms with Gasteiger partial charge in [-0.2, -0.15) is 5.26 Å². The quantitative estimate of drug-likeness (QED) is 0.123. The molecular weight excluding hydrogens is 722 g/mol. The minimum absolute atomic E-state index is 0.276. The van der Waals surface area contributed by atoms with E-state index >= 15 is 0 Å². The summed E-state index contributed by atoms with van der Waals surface area (Å²) in [5.41, 5.74) is 4.84. The average Bonchev–Trinajstić information content (AvgIpc) is 3.32. The average molecular weight is 741 g/mol. The number of aliphatic imine (C=N–C) groups is 1. The largest absolute Gasteiger partial charge is 0.487 e. The lowest BCUT2D eigenvalue weighted by molar-refractivity contribution is 0.302. The van der Waals surface area contributed by atoms with E-state index in [2.05, 4.69) is 56.2 Å². The minimum atomic E-state index is 0.276. The molecule has 0 fully saturated rings. The molecule has 0 bridgehead atoms. The van der Waals surface area contributed by atoms with Crippen LogP contribution in [0.3, 0.4) is 0 Å². The summed E-state index contributed by atoms with van der Waals surface area (Å²) in [7, 11) is 0. The molecule has 38 heavy (non-hydrogen) atoms. The molecule has 5 aromatic rings. The molecule has 0 atom stereocenters. The summed E-state index contributed by atoms with van der Waals surface area (Å²) in [6, 6.07) is 33.5. The fourth-order valence-corrected chi connectivity index (χ4v) is 6.20. The van der Waals surface area contributed by atoms with Crippen molar-refractivity contribution in [2.45, 2.75) is 6.61 Å². The van der Waals surface area contributed by atoms with E-state index in [4.69, 9.17) is 20.8 Å². The third kappa shape index (κ3) is 5.96. The maximum Gasteiger partial charge on any atom is 0.238 e. The van der Waals surface area contributed by atoms with Crippen molar-refractivity contribution in [3.63, 3.8) is 0 Å². The van der Waals surface area contributed by atoms with E-state index in [1.54, 1.807) is 6.21 Å². The van der Waals surface area contributed by atoms with Crippen molar-refractivity contribution >= 4 is 68.9 Å². The van der Waals surface area contributed by atoms with Crippen LogP contribution in [-0.4, -0.2) is 6.21 Å². The van der Waals surface area contributed by atoms with Gasteiger partial charge < -0.3 is 9.15 Å². The van der Waals surface area contributed by atoms with Crippen LogP contribution in [0.2, 0.25) is 5.02 Å². The van der Waals surface area contributed by atoms with Crippen LogP contribution in [0, 0.1) is 18.5 Å². The van der Waals surface area contributed by atoms with Gasteiger partial charge in [-0.3, -0.25) is 0 Å². The van der Waals surface area contributed by atoms with Crippen molar-refractivity contribution in [2.75, 3.05) is 0 Å². The molecule has 0 unspecified atom stereocenters. The third-order valence-corrected chi connectivity index (χ3v) is 7.60. The van der Waals surface area contributed by atoms with Crippen LogP contribution in [0.1, 0.15) is 16.7 Å². The summed E-state index contributed by atoms with van der Waals surface area (Å²) in [5, 5.41) is 10.8. The van der Waals surface area contributed by atoms with E-state index < -0.39 is 0 Å². The van der Waals surface area contributed by atoms with E-state index in [0.29, 0.717) is 23.0 Å². The lowest BCUT2D eigenvalue weighted by Crippen LogP contribution is -2.00. The molecule has 0 spiro atoms. The maximum absolute atomic E-state index is 10.1. The second kappa shape index (κ2) is 12.2. The number of furan rings is 1. The van der Waals surface area contributed by atoms with Crippen LogP contribution >= 0.6 is 56.8 Å². The molecule has 0 aliphatic rings. The van der Waals surface area contributed by atoms with Gasteiger partial charge >= 0.3 is 0 Å². The van der Waals surface area contributed by atoms with Crippen LogP contribution < -0.4 is 4.74 Å². The SMILES string of the molecule is N#Cc1c(N=Cc2cc(I)c(OCc3ccc(Cl)cc3)c(I)c2)oc(-c2ccccc2)c1-c1ccccc1. The first-order chi connectivity index (χ1) is 18.5. The summed E-state index contributed by atoms with van der Waals surface area (Å²) >= 11 is 10.5. The van der Waals surface area contributed by atoms with Crippen molar-refractivity contribution in [1.82, 2.24) is 0 Å². The molecule has 0 amide bonds. The third-order valence-electron chi connectivity index (χ3n) is 5.75. The molecule has 1 aromatic heterocycles. The molecule has 0 aliphatic carbocycles. The van der Waals surface area contributed by atoms with Crippen molar-refractivity contribution in [2.24, 2.45) is 4.99 Å². The van der Waals surface area contributed by atoms with Crippen LogP contribution in [0.25, 0.3) is 22.5 Å². The number of hydrogen-bond donors (Lipinski definition) is 0. The molecule has 5 rings (SSSR count). The van der Waals surface area contributed by atoms with Gasteiger partial charge in [0.25, 0.3) is 0 Å². The molecule has 0 saturated heterocycles. The highest BCUT2D eigenvalue weighted by molar-refractivity contribution is 14.1. The smallest absolute Gasteiger partial charge is 0.238 e. The van der Waals surface area contributed by atoms with E-state index in [1.807, 2.05) is 97.1 Å². The highest BCUT2D eigenvalue weighted by Gasteiger charge is 2.22. The first kappa shape index (κ1) is 26.5. The number of rotatable bonds is 7. The number of nitriles is 1. The number of hydrogen-bond acceptors (Lipinski definition) is 4. The Kier molecular flexibility index (Phi) is 8.47. The Bertz CT molecular complexity index is 1620. The van der Waals surface area contributed by atoms with Gasteiger partial charge in [0, 0.05) is 22.4 Å². The Morgan fingerprint density at radius 2 is 1.47 bits per heavy atom. The summed E-state index contributed by atoms with van der Waals surface area (Å²) in [4.78, 5) is 4.62. The Labute approximate surface area is 253 Å². The molecule has 4 nitrogen and oxygen atoms in total. The summed E-state index contributed by atoms with van der Waals surface area (Å²) in [6.45, 7) is 0.444. The Morgan fingerprint density at radius 3 is 2.08 bits per heavy atom. The Morgan fingerprint density at radius 1 is 0.868 bits per heavy atom. The topological polar surface area (TPSA) is 58.5 Å². The van der Waals surface area contributed by atoms with Crippen LogP contribution in [0.4, 0.5) is 5.88 Å². The highest BCUT2D eigenvalue weighted by atomic mass is 127. The van der Waals surface area contributed by atoms with Crippen LogP contribution in [0.5, 0.6) is 5.75 Å². The fraction of sp³-hybridized carbons (Fsp3) is 0.0323. The number of nitrogens with zero attached hydrogens (tertiary/aromatic N) is 2. The van der Waals surface area contributed by atoms with Crippen molar-refractivity contribution < 1.29 is 9.15 Å². The normalized spacial score (nSPS) is 11.0. The monoisotopic (exact) mass is 740 g/mol. The Hall–Kier alpha value is -3.13. The summed E-state index contributed by atoms with van der Waals surface area (Å²) < 4.78 is 14.2. The zero-order chi connectivity index (χ0) is 26.5. The van der Waals surface area contributed by atoms with Gasteiger partial charge in [0.2, 0.25) is 5.88 Å². The second-order valence-corrected chi connectivity index (χ2v) is 11.1. The fourth-order valence-electron chi connectivity index (χ4n) is 3.95. The molecule has 4 aromatic carbocycles. The standard InChI is InChI=1S/C31H19ClI2N2O2/c32-24-13-11-20(12-14-24)19-37-30-26(33)15-21(16-27(30)34)18-36-31-25(17-35)28(22-7-3-1-4-8-22)29(38-31)23-9-5-2-6-10-23/h1-16,18H,19H2. The predicted molar refractivity (Wildman–Crippen MR) is 169 cm³/mol. The minimum Gasteiger partial charge on any atom is -0.487 e. The Balaban J connectivity index is 1.47. The number of halogens is 3. The lowest BCUT2D eigenvalue weighted by Gasteiger charge is -2.11. The van der Waals surface area contributed by atoms with E-state index in [9.17, 15) is 5.26 Å². The van der Waals surface area contributed by atoms with Crippen molar-refractivity contribution in [3.8, 4) is 34.3 Å². The van der Waals surface area contributed by atoms with Gasteiger partial charge in [0.15, 0.2) is 0 Å². The van der Waals surface area contributed by atoms with Gasteiger partial charge in [-0.25, -0.2) is 4.99 Å². The number of ether oxygens (including phenoxy) is 1. The van der Waals surface area contributed by atoms with Gasteiger partial charge in [0.05, 0.1) is 7.14 Å². The number of benzene rings is 4. The maximum atomic E-state index is 10.1. The predicted octanol–water partition coefficient (Wildman–Crippen LogP) is 9.68. The summed E-state index contributed by atoms with van der Waals surface area (Å²) in [6.07, 6.45) is 1.72. The molecular formula is C31H19ClI2N2O2. The van der Waals surface area contributed by atoms with E-state index in [0.717, 1.165) is 40.7 Å². The van der Waals surface area contributed by atoms with Gasteiger partial charge in [-0.05, 0) is 86.1 Å². The molecule has 0 saturated carbocycles. The lowest BCUT2D eigenvalue weighted by atomic mass is 9.98. The van der Waals surface area contributed by atoms with Crippen LogP contribution in [-0.2, 0) is 6.61 Å². The first-order valence-electron chi connectivity index (χ1n) is 11.6. The molecule has 1 heterocycles. The van der Waals surface area contributed by atoms with Gasteiger partial charge in [-0.1, -0.05) is 84.4 Å². The first-order valence-corrected chi connectivity index (χ1v) is 14.1. The summed E-state index contributed by atoms with van der Waals surface area (Å²) in [5.74, 6) is 1.71. The molecule has 0 aliphatic heterocycles. The van der Waals surface area contributed by atoms with Crippen molar-refractivity contribution in [3.05, 3.63) is 126 Å². The zero-order valence-corrected chi connectivity index (χ0v) is 24.9. The molecule has 7 heteroatoms. The van der Waals surface area contributed by atoms with Crippen molar-refractivity contribution in [1.29, 1.82) is 5.26 Å². The molecule has 0 N–H and O–H groups in total. The van der Waals surface area contributed by atoms with E-state index in [-0.39, 0.29) is 5.88 Å². The van der Waals surface area contributed by atoms with Gasteiger partial charge in [-0.15, -0.1) is 0 Å². The van der Waals surface area contributed by atoms with Crippen LogP contribution in [0.15, 0.2) is 106 Å². The highest BCUT2D eigenvalue weighted by Crippen LogP contribution is 2.42. The molecule has 186 valence electrons. The van der Waals surface area contributed by atoms with Gasteiger partial charge in [0.1, 0.15) is 29.7 Å².